The largest absolute Gasteiger partial charge is 0.326 e. The van der Waals surface area contributed by atoms with Crippen LogP contribution in [-0.2, 0) is 22.1 Å². The highest BCUT2D eigenvalue weighted by Crippen LogP contribution is 2.20. The maximum atomic E-state index is 13.3. The molecule has 7 heteroatoms. The molecule has 2 aromatic carbocycles. The van der Waals surface area contributed by atoms with E-state index in [9.17, 15) is 21.6 Å². The summed E-state index contributed by atoms with van der Waals surface area (Å²) < 4.78 is 63.5. The van der Waals surface area contributed by atoms with Crippen LogP contribution < -0.4 is 5.73 Å². The van der Waals surface area contributed by atoms with E-state index in [1.165, 1.54) is 12.1 Å². The highest BCUT2D eigenvalue weighted by Gasteiger charge is 2.18. The number of rotatable bonds is 4. The van der Waals surface area contributed by atoms with Crippen LogP contribution in [0.5, 0.6) is 0 Å². The van der Waals surface area contributed by atoms with Crippen molar-refractivity contribution < 1.29 is 21.6 Å². The molecule has 112 valence electrons. The molecule has 2 N–H and O–H groups in total. The van der Waals surface area contributed by atoms with Crippen LogP contribution in [0.4, 0.5) is 13.2 Å². The van der Waals surface area contributed by atoms with Crippen LogP contribution in [-0.4, -0.2) is 8.42 Å². The van der Waals surface area contributed by atoms with Crippen LogP contribution in [0.2, 0.25) is 0 Å². The molecule has 2 rings (SSSR count). The first-order valence-electron chi connectivity index (χ1n) is 5.98. The fraction of sp³-hybridized carbons (Fsp3) is 0.143. The van der Waals surface area contributed by atoms with Crippen molar-refractivity contribution in [2.75, 3.05) is 0 Å². The summed E-state index contributed by atoms with van der Waals surface area (Å²) in [6, 6.07) is 6.13. The Morgan fingerprint density at radius 2 is 1.57 bits per heavy atom. The van der Waals surface area contributed by atoms with E-state index in [-0.39, 0.29) is 17.0 Å². The van der Waals surface area contributed by atoms with E-state index in [4.69, 9.17) is 5.73 Å². The number of hydrogen-bond donors (Lipinski definition) is 1. The summed E-state index contributed by atoms with van der Waals surface area (Å²) in [5.74, 6) is -3.34. The number of nitrogens with two attached hydrogens (primary N) is 1. The van der Waals surface area contributed by atoms with Crippen molar-refractivity contribution in [1.82, 2.24) is 0 Å². The summed E-state index contributed by atoms with van der Waals surface area (Å²) in [7, 11) is -3.86. The number of halogens is 3. The Kier molecular flexibility index (Phi) is 4.34. The van der Waals surface area contributed by atoms with Crippen LogP contribution in [0.15, 0.2) is 41.3 Å². The normalized spacial score (nSPS) is 11.6. The van der Waals surface area contributed by atoms with Crippen molar-refractivity contribution in [1.29, 1.82) is 0 Å². The van der Waals surface area contributed by atoms with Gasteiger partial charge in [-0.25, -0.2) is 21.6 Å². The minimum absolute atomic E-state index is 0.0646. The van der Waals surface area contributed by atoms with E-state index in [0.717, 1.165) is 18.2 Å². The molecule has 0 saturated carbocycles. The van der Waals surface area contributed by atoms with Crippen molar-refractivity contribution in [3.8, 4) is 0 Å². The van der Waals surface area contributed by atoms with E-state index < -0.39 is 33.0 Å². The van der Waals surface area contributed by atoms with Gasteiger partial charge in [0.1, 0.15) is 5.82 Å². The van der Waals surface area contributed by atoms with Crippen LogP contribution in [0.1, 0.15) is 11.1 Å². The predicted molar refractivity (Wildman–Crippen MR) is 71.5 cm³/mol. The molecule has 2 aromatic rings. The maximum Gasteiger partial charge on any atom is 0.182 e. The second kappa shape index (κ2) is 5.87. The summed E-state index contributed by atoms with van der Waals surface area (Å²) >= 11 is 0. The third-order valence-electron chi connectivity index (χ3n) is 2.94. The van der Waals surface area contributed by atoms with Gasteiger partial charge in [0.15, 0.2) is 21.5 Å². The molecule has 0 aromatic heterocycles. The lowest BCUT2D eigenvalue weighted by molar-refractivity contribution is 0.504. The Bertz CT molecular complexity index is 776. The van der Waals surface area contributed by atoms with Crippen molar-refractivity contribution in [2.45, 2.75) is 17.2 Å². The number of hydrogen-bond acceptors (Lipinski definition) is 3. The standard InChI is InChI=1S/C14H12F3NO2S/c15-12-3-1-9(5-10(12)7-18)8-21(19,20)11-2-4-13(16)14(17)6-11/h1-6H,7-8,18H2. The highest BCUT2D eigenvalue weighted by molar-refractivity contribution is 7.90. The Hall–Kier alpha value is -1.86. The summed E-state index contributed by atoms with van der Waals surface area (Å²) in [6.07, 6.45) is 0. The molecule has 3 nitrogen and oxygen atoms in total. The predicted octanol–water partition coefficient (Wildman–Crippen LogP) is 2.54. The van der Waals surface area contributed by atoms with Gasteiger partial charge in [0, 0.05) is 12.1 Å². The highest BCUT2D eigenvalue weighted by atomic mass is 32.2. The third-order valence-corrected chi connectivity index (χ3v) is 4.62. The van der Waals surface area contributed by atoms with Gasteiger partial charge in [-0.3, -0.25) is 0 Å². The molecule has 0 bridgehead atoms. The smallest absolute Gasteiger partial charge is 0.182 e. The van der Waals surface area contributed by atoms with E-state index in [2.05, 4.69) is 0 Å². The van der Waals surface area contributed by atoms with Crippen LogP contribution in [0.25, 0.3) is 0 Å². The van der Waals surface area contributed by atoms with Crippen molar-refractivity contribution in [3.63, 3.8) is 0 Å². The van der Waals surface area contributed by atoms with Gasteiger partial charge < -0.3 is 5.73 Å². The SMILES string of the molecule is NCc1cc(CS(=O)(=O)c2ccc(F)c(F)c2)ccc1F. The summed E-state index contributed by atoms with van der Waals surface area (Å²) in [4.78, 5) is -0.333. The zero-order valence-electron chi connectivity index (χ0n) is 10.8. The van der Waals surface area contributed by atoms with Gasteiger partial charge in [-0.05, 0) is 29.8 Å². The Morgan fingerprint density at radius 1 is 0.905 bits per heavy atom. The minimum Gasteiger partial charge on any atom is -0.326 e. The summed E-state index contributed by atoms with van der Waals surface area (Å²) in [6.45, 7) is -0.0646. The zero-order chi connectivity index (χ0) is 15.6. The molecule has 21 heavy (non-hydrogen) atoms. The molecular formula is C14H12F3NO2S. The van der Waals surface area contributed by atoms with E-state index in [0.29, 0.717) is 11.6 Å². The Balaban J connectivity index is 2.35. The lowest BCUT2D eigenvalue weighted by atomic mass is 10.1. The summed E-state index contributed by atoms with van der Waals surface area (Å²) in [5.41, 5.74) is 5.86. The molecule has 0 radical (unpaired) electrons. The van der Waals surface area contributed by atoms with Gasteiger partial charge in [0.25, 0.3) is 0 Å². The van der Waals surface area contributed by atoms with Crippen molar-refractivity contribution in [3.05, 3.63) is 65.0 Å². The fourth-order valence-electron chi connectivity index (χ4n) is 1.85. The molecule has 0 aliphatic carbocycles. The van der Waals surface area contributed by atoms with Crippen LogP contribution >= 0.6 is 0 Å². The van der Waals surface area contributed by atoms with E-state index >= 15 is 0 Å². The Labute approximate surface area is 120 Å². The first-order chi connectivity index (χ1) is 9.83. The lowest BCUT2D eigenvalue weighted by Crippen LogP contribution is -2.07. The van der Waals surface area contributed by atoms with Crippen molar-refractivity contribution in [2.24, 2.45) is 5.73 Å². The second-order valence-electron chi connectivity index (χ2n) is 4.46. The second-order valence-corrected chi connectivity index (χ2v) is 6.45. The molecule has 0 unspecified atom stereocenters. The molecule has 0 fully saturated rings. The lowest BCUT2D eigenvalue weighted by Gasteiger charge is -2.07. The van der Waals surface area contributed by atoms with Gasteiger partial charge in [0.05, 0.1) is 10.6 Å². The van der Waals surface area contributed by atoms with E-state index in [1.54, 1.807) is 0 Å². The van der Waals surface area contributed by atoms with Gasteiger partial charge in [-0.2, -0.15) is 0 Å². The third kappa shape index (κ3) is 3.43. The molecule has 0 aliphatic heterocycles. The van der Waals surface area contributed by atoms with Crippen LogP contribution in [0.3, 0.4) is 0 Å². The van der Waals surface area contributed by atoms with Crippen molar-refractivity contribution >= 4 is 9.84 Å². The molecule has 0 heterocycles. The van der Waals surface area contributed by atoms with Gasteiger partial charge >= 0.3 is 0 Å². The quantitative estimate of drug-likeness (QED) is 0.882. The summed E-state index contributed by atoms with van der Waals surface area (Å²) in [5, 5.41) is 0. The molecule has 0 atom stereocenters. The first-order valence-corrected chi connectivity index (χ1v) is 7.64. The minimum atomic E-state index is -3.86. The first kappa shape index (κ1) is 15.5. The maximum absolute atomic E-state index is 13.3. The van der Waals surface area contributed by atoms with Gasteiger partial charge in [0.2, 0.25) is 0 Å². The average Bonchev–Trinajstić information content (AvgIpc) is 2.43. The molecule has 0 aliphatic rings. The molecule has 0 spiro atoms. The number of sulfone groups is 1. The number of benzene rings is 2. The molecular weight excluding hydrogens is 303 g/mol. The fourth-order valence-corrected chi connectivity index (χ4v) is 3.19. The monoisotopic (exact) mass is 315 g/mol. The molecule has 0 saturated heterocycles. The van der Waals surface area contributed by atoms with E-state index in [1.807, 2.05) is 0 Å². The van der Waals surface area contributed by atoms with Crippen LogP contribution in [0, 0.1) is 17.5 Å². The zero-order valence-corrected chi connectivity index (χ0v) is 11.6. The Morgan fingerprint density at radius 3 is 2.19 bits per heavy atom. The average molecular weight is 315 g/mol. The topological polar surface area (TPSA) is 60.2 Å². The van der Waals surface area contributed by atoms with Gasteiger partial charge in [-0.1, -0.05) is 12.1 Å². The van der Waals surface area contributed by atoms with Gasteiger partial charge in [-0.15, -0.1) is 0 Å². The molecule has 0 amide bonds.